The number of aromatic amines is 2. The van der Waals surface area contributed by atoms with E-state index in [0.717, 1.165) is 21.8 Å². The van der Waals surface area contributed by atoms with E-state index < -0.39 is 0 Å². The van der Waals surface area contributed by atoms with Crippen molar-refractivity contribution in [1.29, 1.82) is 0 Å². The lowest BCUT2D eigenvalue weighted by atomic mass is 10.1. The van der Waals surface area contributed by atoms with Gasteiger partial charge in [0.1, 0.15) is 5.75 Å². The van der Waals surface area contributed by atoms with E-state index in [-0.39, 0.29) is 5.97 Å². The summed E-state index contributed by atoms with van der Waals surface area (Å²) in [6, 6.07) is 14.9. The van der Waals surface area contributed by atoms with Crippen LogP contribution < -0.4 is 4.74 Å². The number of hydrogen-bond donors (Lipinski definition) is 2. The molecular weight excluding hydrogens is 264 g/mol. The van der Waals surface area contributed by atoms with E-state index in [1.165, 1.54) is 0 Å². The summed E-state index contributed by atoms with van der Waals surface area (Å²) in [5, 5.41) is 1.76. The Morgan fingerprint density at radius 3 is 2.29 bits per heavy atom. The van der Waals surface area contributed by atoms with Crippen LogP contribution in [0.1, 0.15) is 10.4 Å². The van der Waals surface area contributed by atoms with Crippen molar-refractivity contribution in [2.45, 2.75) is 0 Å². The fourth-order valence-electron chi connectivity index (χ4n) is 2.56. The highest BCUT2D eigenvalue weighted by atomic mass is 16.5. The number of carbonyl (C=O) groups excluding carboxylic acids is 1. The molecule has 0 atom stereocenters. The molecule has 2 heterocycles. The Labute approximate surface area is 120 Å². The molecule has 2 N–H and O–H groups in total. The maximum absolute atomic E-state index is 12.4. The lowest BCUT2D eigenvalue weighted by molar-refractivity contribution is 0.0739. The molecule has 4 heteroatoms. The Hall–Kier alpha value is -3.01. The minimum atomic E-state index is -0.353. The minimum absolute atomic E-state index is 0.353. The summed E-state index contributed by atoms with van der Waals surface area (Å²) in [6.07, 6.45) is 3.64. The summed E-state index contributed by atoms with van der Waals surface area (Å²) in [7, 11) is 0. The molecule has 2 aromatic heterocycles. The van der Waals surface area contributed by atoms with Crippen LogP contribution in [0, 0.1) is 0 Å². The zero-order valence-corrected chi connectivity index (χ0v) is 11.1. The van der Waals surface area contributed by atoms with Crippen molar-refractivity contribution in [3.63, 3.8) is 0 Å². The molecule has 0 saturated heterocycles. The molecule has 102 valence electrons. The van der Waals surface area contributed by atoms with Gasteiger partial charge in [0.15, 0.2) is 0 Å². The maximum atomic E-state index is 12.4. The molecule has 4 nitrogen and oxygen atoms in total. The van der Waals surface area contributed by atoms with Crippen molar-refractivity contribution in [3.8, 4) is 5.75 Å². The van der Waals surface area contributed by atoms with Crippen LogP contribution in [0.2, 0.25) is 0 Å². The highest BCUT2D eigenvalue weighted by molar-refractivity contribution is 6.05. The topological polar surface area (TPSA) is 57.9 Å². The number of ether oxygens (including phenoxy) is 1. The third kappa shape index (κ3) is 1.89. The number of esters is 1. The number of carbonyl (C=O) groups is 1. The summed E-state index contributed by atoms with van der Waals surface area (Å²) >= 11 is 0. The minimum Gasteiger partial charge on any atom is -0.422 e. The van der Waals surface area contributed by atoms with Crippen LogP contribution in [0.15, 0.2) is 60.9 Å². The van der Waals surface area contributed by atoms with E-state index in [2.05, 4.69) is 9.97 Å². The van der Waals surface area contributed by atoms with Gasteiger partial charge in [0.05, 0.1) is 5.56 Å². The van der Waals surface area contributed by atoms with E-state index in [1.54, 1.807) is 12.1 Å². The second kappa shape index (κ2) is 4.52. The van der Waals surface area contributed by atoms with Crippen molar-refractivity contribution in [2.24, 2.45) is 0 Å². The number of hydrogen-bond acceptors (Lipinski definition) is 2. The Bertz CT molecular complexity index is 949. The third-order valence-corrected chi connectivity index (χ3v) is 3.57. The molecule has 2 aromatic carbocycles. The number of rotatable bonds is 2. The second-order valence-corrected chi connectivity index (χ2v) is 4.83. The van der Waals surface area contributed by atoms with Crippen LogP contribution in [0.5, 0.6) is 5.75 Å². The molecule has 0 aliphatic rings. The van der Waals surface area contributed by atoms with Crippen LogP contribution in [0.25, 0.3) is 21.8 Å². The van der Waals surface area contributed by atoms with Gasteiger partial charge in [-0.15, -0.1) is 0 Å². The van der Waals surface area contributed by atoms with Gasteiger partial charge in [0, 0.05) is 34.2 Å². The standard InChI is InChI=1S/C17H12N2O2/c20-17(12-3-1-4-14-11(12)7-9-18-14)21-16-6-2-5-15-13(16)8-10-19-15/h1-10,18-19H. The zero-order valence-electron chi connectivity index (χ0n) is 11.1. The molecule has 0 spiro atoms. The first-order valence-electron chi connectivity index (χ1n) is 6.67. The first kappa shape index (κ1) is 11.8. The van der Waals surface area contributed by atoms with Gasteiger partial charge in [-0.25, -0.2) is 4.79 Å². The number of H-pyrrole nitrogens is 2. The average Bonchev–Trinajstić information content (AvgIpc) is 3.15. The monoisotopic (exact) mass is 276 g/mol. The van der Waals surface area contributed by atoms with Crippen molar-refractivity contribution in [3.05, 3.63) is 66.5 Å². The smallest absolute Gasteiger partial charge is 0.344 e. The summed E-state index contributed by atoms with van der Waals surface area (Å²) in [4.78, 5) is 18.6. The maximum Gasteiger partial charge on any atom is 0.344 e. The van der Waals surface area contributed by atoms with E-state index in [4.69, 9.17) is 4.74 Å². The number of benzene rings is 2. The van der Waals surface area contributed by atoms with Crippen molar-refractivity contribution >= 4 is 27.8 Å². The predicted octanol–water partition coefficient (Wildman–Crippen LogP) is 3.87. The molecule has 0 amide bonds. The normalized spacial score (nSPS) is 11.0. The molecule has 0 bridgehead atoms. The molecule has 0 unspecified atom stereocenters. The Morgan fingerprint density at radius 1 is 0.810 bits per heavy atom. The van der Waals surface area contributed by atoms with Gasteiger partial charge in [-0.3, -0.25) is 0 Å². The molecule has 0 aliphatic carbocycles. The van der Waals surface area contributed by atoms with Crippen molar-refractivity contribution < 1.29 is 9.53 Å². The van der Waals surface area contributed by atoms with Crippen LogP contribution in [-0.2, 0) is 0 Å². The summed E-state index contributed by atoms with van der Waals surface area (Å²) in [5.74, 6) is 0.209. The molecule has 0 saturated carbocycles. The first-order valence-corrected chi connectivity index (χ1v) is 6.67. The SMILES string of the molecule is O=C(Oc1cccc2[nH]ccc12)c1cccc2[nH]ccc12. The highest BCUT2D eigenvalue weighted by Gasteiger charge is 2.14. The van der Waals surface area contributed by atoms with Crippen LogP contribution in [-0.4, -0.2) is 15.9 Å². The van der Waals surface area contributed by atoms with Crippen molar-refractivity contribution in [1.82, 2.24) is 9.97 Å². The van der Waals surface area contributed by atoms with Gasteiger partial charge in [-0.05, 0) is 36.4 Å². The van der Waals surface area contributed by atoms with E-state index in [1.807, 2.05) is 48.8 Å². The van der Waals surface area contributed by atoms with Crippen molar-refractivity contribution in [2.75, 3.05) is 0 Å². The Kier molecular flexibility index (Phi) is 2.54. The highest BCUT2D eigenvalue weighted by Crippen LogP contribution is 2.26. The fraction of sp³-hybridized carbons (Fsp3) is 0. The molecule has 0 aliphatic heterocycles. The number of nitrogens with one attached hydrogen (secondary N) is 2. The molecule has 0 fully saturated rings. The van der Waals surface area contributed by atoms with Gasteiger partial charge >= 0.3 is 5.97 Å². The van der Waals surface area contributed by atoms with E-state index in [9.17, 15) is 4.79 Å². The second-order valence-electron chi connectivity index (χ2n) is 4.83. The predicted molar refractivity (Wildman–Crippen MR) is 81.6 cm³/mol. The molecular formula is C17H12N2O2. The third-order valence-electron chi connectivity index (χ3n) is 3.57. The molecule has 21 heavy (non-hydrogen) atoms. The molecule has 0 radical (unpaired) electrons. The summed E-state index contributed by atoms with van der Waals surface area (Å²) in [6.45, 7) is 0. The van der Waals surface area contributed by atoms with E-state index >= 15 is 0 Å². The van der Waals surface area contributed by atoms with Gasteiger partial charge in [0.2, 0.25) is 0 Å². The summed E-state index contributed by atoms with van der Waals surface area (Å²) in [5.41, 5.74) is 2.42. The van der Waals surface area contributed by atoms with Gasteiger partial charge in [-0.1, -0.05) is 12.1 Å². The van der Waals surface area contributed by atoms with Gasteiger partial charge in [-0.2, -0.15) is 0 Å². The Morgan fingerprint density at radius 2 is 1.48 bits per heavy atom. The van der Waals surface area contributed by atoms with Crippen LogP contribution in [0.4, 0.5) is 0 Å². The average molecular weight is 276 g/mol. The largest absolute Gasteiger partial charge is 0.422 e. The quantitative estimate of drug-likeness (QED) is 0.431. The zero-order chi connectivity index (χ0) is 14.2. The molecule has 4 aromatic rings. The Balaban J connectivity index is 1.76. The molecule has 4 rings (SSSR count). The van der Waals surface area contributed by atoms with Crippen LogP contribution >= 0.6 is 0 Å². The van der Waals surface area contributed by atoms with Gasteiger partial charge < -0.3 is 14.7 Å². The van der Waals surface area contributed by atoms with Crippen LogP contribution in [0.3, 0.4) is 0 Å². The number of aromatic nitrogens is 2. The lowest BCUT2D eigenvalue weighted by Crippen LogP contribution is -2.08. The first-order chi connectivity index (χ1) is 10.3. The van der Waals surface area contributed by atoms with Gasteiger partial charge in [0.25, 0.3) is 0 Å². The van der Waals surface area contributed by atoms with E-state index in [0.29, 0.717) is 11.3 Å². The summed E-state index contributed by atoms with van der Waals surface area (Å²) < 4.78 is 5.58. The number of fused-ring (bicyclic) bond motifs is 2. The fourth-order valence-corrected chi connectivity index (χ4v) is 2.56. The lowest BCUT2D eigenvalue weighted by Gasteiger charge is -2.06.